The van der Waals surface area contributed by atoms with Gasteiger partial charge in [-0.25, -0.2) is 22.0 Å². The topological polar surface area (TPSA) is 8.17 Å². The highest BCUT2D eigenvalue weighted by Crippen LogP contribution is 2.41. The zero-order valence-corrected chi connectivity index (χ0v) is 32.3. The van der Waals surface area contributed by atoms with E-state index in [-0.39, 0.29) is 5.56 Å². The second-order valence-electron chi connectivity index (χ2n) is 14.8. The maximum atomic E-state index is 14.8. The summed E-state index contributed by atoms with van der Waals surface area (Å²) in [5.74, 6) is -9.94. The summed E-state index contributed by atoms with van der Waals surface area (Å²) in [4.78, 5) is 1.97. The van der Waals surface area contributed by atoms with Gasteiger partial charge in [0.25, 0.3) is 0 Å². The molecule has 1 aromatic heterocycles. The number of anilines is 3. The van der Waals surface area contributed by atoms with Crippen molar-refractivity contribution in [3.63, 3.8) is 0 Å². The molecule has 294 valence electrons. The van der Waals surface area contributed by atoms with Crippen molar-refractivity contribution in [1.29, 1.82) is 0 Å². The van der Waals surface area contributed by atoms with E-state index in [1.54, 1.807) is 12.1 Å². The van der Waals surface area contributed by atoms with E-state index < -0.39 is 34.6 Å². The van der Waals surface area contributed by atoms with Crippen LogP contribution in [-0.4, -0.2) is 4.57 Å². The van der Waals surface area contributed by atoms with Gasteiger partial charge in [0.2, 0.25) is 5.82 Å². The molecule has 7 heteroatoms. The van der Waals surface area contributed by atoms with E-state index in [1.165, 1.54) is 12.1 Å². The Morgan fingerprint density at radius 1 is 0.295 bits per heavy atom. The van der Waals surface area contributed by atoms with Crippen molar-refractivity contribution in [2.75, 3.05) is 4.90 Å². The summed E-state index contributed by atoms with van der Waals surface area (Å²) >= 11 is 0. The summed E-state index contributed by atoms with van der Waals surface area (Å²) in [6, 6.07) is 65.9. The number of rotatable bonds is 8. The van der Waals surface area contributed by atoms with Gasteiger partial charge in [-0.15, -0.1) is 0 Å². The lowest BCUT2D eigenvalue weighted by molar-refractivity contribution is 0.381. The number of hydrogen-bond donors (Lipinski definition) is 0. The van der Waals surface area contributed by atoms with Crippen LogP contribution in [0, 0.1) is 29.1 Å². The molecule has 2 nitrogen and oxygen atoms in total. The molecule has 10 rings (SSSR count). The number of halogens is 5. The molecular weight excluding hydrogens is 772 g/mol. The molecule has 9 aromatic carbocycles. The van der Waals surface area contributed by atoms with Crippen molar-refractivity contribution in [3.8, 4) is 50.2 Å². The molecule has 0 amide bonds. The number of benzene rings is 9. The molecule has 0 aliphatic carbocycles. The van der Waals surface area contributed by atoms with Crippen molar-refractivity contribution >= 4 is 38.9 Å². The Hall–Kier alpha value is -7.77. The SMILES string of the molecule is Fc1c(F)c(F)c(-c2ccc(N(c3ccc(-c4ccccc4)cc3)c3ccc(-c4ccc5c(c4)c4ccc(-c6ccccc6)cc4n5-c4ccccc4)cc3)cc2)c(F)c1F. The molecule has 0 radical (unpaired) electrons. The predicted molar refractivity (Wildman–Crippen MR) is 237 cm³/mol. The number of para-hydroxylation sites is 1. The second-order valence-corrected chi connectivity index (χ2v) is 14.8. The molecule has 0 saturated carbocycles. The number of hydrogen-bond acceptors (Lipinski definition) is 1. The van der Waals surface area contributed by atoms with Gasteiger partial charge >= 0.3 is 0 Å². The van der Waals surface area contributed by atoms with Crippen molar-refractivity contribution in [2.45, 2.75) is 0 Å². The summed E-state index contributed by atoms with van der Waals surface area (Å²) in [5, 5.41) is 2.26. The van der Waals surface area contributed by atoms with E-state index in [1.807, 2.05) is 108 Å². The summed E-state index contributed by atoms with van der Waals surface area (Å²) in [7, 11) is 0. The summed E-state index contributed by atoms with van der Waals surface area (Å²) in [5.41, 5.74) is 10.7. The molecule has 61 heavy (non-hydrogen) atoms. The molecule has 0 bridgehead atoms. The zero-order valence-electron chi connectivity index (χ0n) is 32.3. The minimum absolute atomic E-state index is 0.147. The zero-order chi connectivity index (χ0) is 41.6. The fourth-order valence-electron chi connectivity index (χ4n) is 8.19. The Labute approximate surface area is 348 Å². The van der Waals surface area contributed by atoms with Gasteiger partial charge in [-0.1, -0.05) is 133 Å². The number of nitrogens with zero attached hydrogens (tertiary/aromatic N) is 2. The highest BCUT2D eigenvalue weighted by molar-refractivity contribution is 6.11. The lowest BCUT2D eigenvalue weighted by atomic mass is 10.00. The first kappa shape index (κ1) is 37.5. The molecule has 0 N–H and O–H groups in total. The summed E-state index contributed by atoms with van der Waals surface area (Å²) < 4.78 is 74.2. The van der Waals surface area contributed by atoms with E-state index in [0.717, 1.165) is 72.2 Å². The molecule has 1 heterocycles. The molecule has 0 saturated heterocycles. The maximum Gasteiger partial charge on any atom is 0.200 e. The highest BCUT2D eigenvalue weighted by atomic mass is 19.2. The Morgan fingerprint density at radius 2 is 0.689 bits per heavy atom. The first-order valence-electron chi connectivity index (χ1n) is 19.7. The van der Waals surface area contributed by atoms with E-state index >= 15 is 0 Å². The molecule has 0 spiro atoms. The van der Waals surface area contributed by atoms with E-state index in [2.05, 4.69) is 77.4 Å². The van der Waals surface area contributed by atoms with E-state index in [4.69, 9.17) is 0 Å². The number of aromatic nitrogens is 1. The Kier molecular flexibility index (Phi) is 9.49. The Bertz CT molecular complexity index is 3170. The fraction of sp³-hybridized carbons (Fsp3) is 0. The van der Waals surface area contributed by atoms with Gasteiger partial charge in [0.15, 0.2) is 23.3 Å². The molecule has 0 unspecified atom stereocenters. The van der Waals surface area contributed by atoms with Gasteiger partial charge in [-0.3, -0.25) is 0 Å². The van der Waals surface area contributed by atoms with Crippen molar-refractivity contribution in [3.05, 3.63) is 229 Å². The van der Waals surface area contributed by atoms with Crippen LogP contribution < -0.4 is 4.90 Å². The van der Waals surface area contributed by atoms with Crippen LogP contribution in [0.2, 0.25) is 0 Å². The van der Waals surface area contributed by atoms with Gasteiger partial charge in [-0.05, 0) is 106 Å². The lowest BCUT2D eigenvalue weighted by Crippen LogP contribution is -2.10. The fourth-order valence-corrected chi connectivity index (χ4v) is 8.19. The van der Waals surface area contributed by atoms with Gasteiger partial charge in [0, 0.05) is 33.5 Å². The van der Waals surface area contributed by atoms with Crippen LogP contribution in [0.4, 0.5) is 39.0 Å². The normalized spacial score (nSPS) is 11.4. The van der Waals surface area contributed by atoms with Gasteiger partial charge in [0.05, 0.1) is 16.6 Å². The predicted octanol–water partition coefficient (Wildman–Crippen LogP) is 15.6. The van der Waals surface area contributed by atoms with Gasteiger partial charge in [0.1, 0.15) is 0 Å². The Morgan fingerprint density at radius 3 is 1.23 bits per heavy atom. The first-order chi connectivity index (χ1) is 29.8. The third-order valence-electron chi connectivity index (χ3n) is 11.2. The van der Waals surface area contributed by atoms with Gasteiger partial charge in [-0.2, -0.15) is 0 Å². The van der Waals surface area contributed by atoms with E-state index in [0.29, 0.717) is 5.69 Å². The minimum Gasteiger partial charge on any atom is -0.311 e. The standard InChI is InChI=1S/C54H33F5N2/c55-50-49(51(56)53(58)54(59)52(50)57)38-20-28-44(29-21-38)60(42-24-16-36(17-25-42)34-10-4-1-5-11-34)43-26-18-37(19-27-43)39-23-31-47-46(32-39)45-30-22-40(35-12-6-2-7-13-35)33-48(45)61(47)41-14-8-3-9-15-41/h1-33H. The molecular formula is C54H33F5N2. The van der Waals surface area contributed by atoms with Crippen LogP contribution in [0.1, 0.15) is 0 Å². The summed E-state index contributed by atoms with van der Waals surface area (Å²) in [6.45, 7) is 0. The van der Waals surface area contributed by atoms with Crippen LogP contribution in [0.5, 0.6) is 0 Å². The molecule has 10 aromatic rings. The second kappa shape index (κ2) is 15.4. The smallest absolute Gasteiger partial charge is 0.200 e. The van der Waals surface area contributed by atoms with Crippen LogP contribution in [-0.2, 0) is 0 Å². The first-order valence-corrected chi connectivity index (χ1v) is 19.7. The third kappa shape index (κ3) is 6.70. The van der Waals surface area contributed by atoms with Crippen LogP contribution in [0.25, 0.3) is 72.0 Å². The van der Waals surface area contributed by atoms with Crippen molar-refractivity contribution in [1.82, 2.24) is 4.57 Å². The van der Waals surface area contributed by atoms with Crippen LogP contribution >= 0.6 is 0 Å². The van der Waals surface area contributed by atoms with Crippen molar-refractivity contribution in [2.24, 2.45) is 0 Å². The molecule has 0 atom stereocenters. The van der Waals surface area contributed by atoms with Crippen LogP contribution in [0.3, 0.4) is 0 Å². The quantitative estimate of drug-likeness (QED) is 0.0844. The van der Waals surface area contributed by atoms with Crippen LogP contribution in [0.15, 0.2) is 200 Å². The average Bonchev–Trinajstić information content (AvgIpc) is 3.65. The maximum absolute atomic E-state index is 14.8. The third-order valence-corrected chi connectivity index (χ3v) is 11.2. The van der Waals surface area contributed by atoms with Gasteiger partial charge < -0.3 is 9.47 Å². The monoisotopic (exact) mass is 804 g/mol. The van der Waals surface area contributed by atoms with E-state index in [9.17, 15) is 22.0 Å². The molecule has 0 aliphatic rings. The number of fused-ring (bicyclic) bond motifs is 3. The summed E-state index contributed by atoms with van der Waals surface area (Å²) in [6.07, 6.45) is 0. The Balaban J connectivity index is 1.05. The lowest BCUT2D eigenvalue weighted by Gasteiger charge is -2.26. The minimum atomic E-state index is -2.19. The van der Waals surface area contributed by atoms with Crippen molar-refractivity contribution < 1.29 is 22.0 Å². The highest BCUT2D eigenvalue weighted by Gasteiger charge is 2.27. The average molecular weight is 805 g/mol. The molecule has 0 fully saturated rings. The largest absolute Gasteiger partial charge is 0.311 e. The molecule has 0 aliphatic heterocycles.